The number of aliphatic hydroxyl groups is 1. The van der Waals surface area contributed by atoms with Crippen LogP contribution in [0.1, 0.15) is 22.7 Å². The van der Waals surface area contributed by atoms with E-state index in [1.54, 1.807) is 30.3 Å². The second-order valence-electron chi connectivity index (χ2n) is 7.90. The number of aliphatic hydroxyl groups excluding tert-OH is 1. The molecular weight excluding hydrogens is 430 g/mol. The Hall–Kier alpha value is -4.32. The molecule has 34 heavy (non-hydrogen) atoms. The number of hydrogen-bond acceptors (Lipinski definition) is 5. The fourth-order valence-corrected chi connectivity index (χ4v) is 4.07. The van der Waals surface area contributed by atoms with Gasteiger partial charge in [-0.15, -0.1) is 0 Å². The molecular formula is C28H25NO5. The predicted molar refractivity (Wildman–Crippen MR) is 131 cm³/mol. The fourth-order valence-electron chi connectivity index (χ4n) is 4.07. The fraction of sp³-hybridized carbons (Fsp3) is 0.143. The van der Waals surface area contributed by atoms with Crippen LogP contribution in [-0.2, 0) is 9.59 Å². The van der Waals surface area contributed by atoms with Gasteiger partial charge < -0.3 is 14.6 Å². The van der Waals surface area contributed by atoms with Gasteiger partial charge in [-0.05, 0) is 54.0 Å². The van der Waals surface area contributed by atoms with Gasteiger partial charge in [-0.2, -0.15) is 0 Å². The van der Waals surface area contributed by atoms with E-state index in [0.717, 1.165) is 11.1 Å². The molecule has 0 fully saturated rings. The minimum atomic E-state index is -0.845. The summed E-state index contributed by atoms with van der Waals surface area (Å²) in [6.07, 6.45) is 3.04. The van der Waals surface area contributed by atoms with E-state index in [-0.39, 0.29) is 5.57 Å². The van der Waals surface area contributed by atoms with E-state index in [2.05, 4.69) is 0 Å². The highest BCUT2D eigenvalue weighted by Gasteiger charge is 2.44. The lowest BCUT2D eigenvalue weighted by Gasteiger charge is -2.27. The predicted octanol–water partition coefficient (Wildman–Crippen LogP) is 5.19. The highest BCUT2D eigenvalue weighted by atomic mass is 16.5. The Balaban J connectivity index is 1.83. The first-order valence-electron chi connectivity index (χ1n) is 10.8. The van der Waals surface area contributed by atoms with E-state index in [1.807, 2.05) is 55.5 Å². The molecule has 0 radical (unpaired) electrons. The summed E-state index contributed by atoms with van der Waals surface area (Å²) >= 11 is 0. The van der Waals surface area contributed by atoms with Crippen LogP contribution in [0.2, 0.25) is 0 Å². The molecule has 0 aromatic heterocycles. The van der Waals surface area contributed by atoms with Crippen molar-refractivity contribution in [3.63, 3.8) is 0 Å². The molecule has 1 atom stereocenters. The first-order valence-corrected chi connectivity index (χ1v) is 10.8. The summed E-state index contributed by atoms with van der Waals surface area (Å²) in [5, 5.41) is 10.9. The van der Waals surface area contributed by atoms with Crippen molar-refractivity contribution in [2.24, 2.45) is 0 Å². The number of carbonyl (C=O) groups excluding carboxylic acids is 2. The van der Waals surface area contributed by atoms with Crippen LogP contribution < -0.4 is 14.4 Å². The zero-order valence-electron chi connectivity index (χ0n) is 19.2. The highest BCUT2D eigenvalue weighted by molar-refractivity contribution is 6.19. The number of rotatable bonds is 7. The topological polar surface area (TPSA) is 76.1 Å². The number of methoxy groups -OCH3 is 2. The zero-order chi connectivity index (χ0) is 24.2. The van der Waals surface area contributed by atoms with Gasteiger partial charge in [0, 0.05) is 5.69 Å². The third-order valence-electron chi connectivity index (χ3n) is 5.70. The molecule has 0 unspecified atom stereocenters. The lowest BCUT2D eigenvalue weighted by atomic mass is 9.94. The van der Waals surface area contributed by atoms with Gasteiger partial charge in [-0.25, -0.2) is 0 Å². The lowest BCUT2D eigenvalue weighted by molar-refractivity contribution is -0.117. The van der Waals surface area contributed by atoms with Crippen molar-refractivity contribution in [1.82, 2.24) is 0 Å². The van der Waals surface area contributed by atoms with Crippen LogP contribution in [0.25, 0.3) is 6.08 Å². The molecule has 0 saturated carbocycles. The van der Waals surface area contributed by atoms with E-state index in [9.17, 15) is 14.7 Å². The molecule has 1 amide bonds. The normalized spacial score (nSPS) is 15.8. The first kappa shape index (κ1) is 22.9. The van der Waals surface area contributed by atoms with Gasteiger partial charge in [-0.1, -0.05) is 54.6 Å². The van der Waals surface area contributed by atoms with Gasteiger partial charge >= 0.3 is 0 Å². The molecule has 3 aromatic carbocycles. The van der Waals surface area contributed by atoms with Crippen LogP contribution in [0.15, 0.2) is 90.2 Å². The van der Waals surface area contributed by atoms with E-state index < -0.39 is 23.5 Å². The average molecular weight is 456 g/mol. The smallest absolute Gasteiger partial charge is 0.294 e. The maximum atomic E-state index is 13.3. The Morgan fingerprint density at radius 1 is 0.941 bits per heavy atom. The molecule has 1 N–H and O–H groups in total. The third kappa shape index (κ3) is 4.30. The molecule has 3 aromatic rings. The number of anilines is 1. The Kier molecular flexibility index (Phi) is 6.50. The Morgan fingerprint density at radius 2 is 1.68 bits per heavy atom. The number of hydrogen-bond donors (Lipinski definition) is 1. The molecule has 4 rings (SSSR count). The Labute approximate surface area is 198 Å². The number of ether oxygens (including phenoxy) is 2. The Morgan fingerprint density at radius 3 is 2.35 bits per heavy atom. The SMILES string of the molecule is COc1ccc([C@H]2C(C(=O)C=Cc3ccccc3)=C(O)C(=O)N2c2cccc(C)c2)cc1OC. The van der Waals surface area contributed by atoms with E-state index in [1.165, 1.54) is 25.2 Å². The molecule has 1 aliphatic rings. The minimum Gasteiger partial charge on any atom is -0.503 e. The summed E-state index contributed by atoms with van der Waals surface area (Å²) in [6.45, 7) is 1.91. The minimum absolute atomic E-state index is 0.00547. The number of nitrogens with zero attached hydrogens (tertiary/aromatic N) is 1. The van der Waals surface area contributed by atoms with Gasteiger partial charge in [-0.3, -0.25) is 14.5 Å². The van der Waals surface area contributed by atoms with Crippen molar-refractivity contribution in [3.05, 3.63) is 107 Å². The van der Waals surface area contributed by atoms with Crippen LogP contribution >= 0.6 is 0 Å². The van der Waals surface area contributed by atoms with Crippen molar-refractivity contribution in [3.8, 4) is 11.5 Å². The number of ketones is 1. The van der Waals surface area contributed by atoms with Crippen molar-refractivity contribution in [1.29, 1.82) is 0 Å². The third-order valence-corrected chi connectivity index (χ3v) is 5.70. The van der Waals surface area contributed by atoms with Crippen molar-refractivity contribution in [2.45, 2.75) is 13.0 Å². The maximum absolute atomic E-state index is 13.3. The molecule has 172 valence electrons. The summed E-state index contributed by atoms with van der Waals surface area (Å²) in [7, 11) is 3.05. The van der Waals surface area contributed by atoms with Crippen LogP contribution in [0.5, 0.6) is 11.5 Å². The van der Waals surface area contributed by atoms with Gasteiger partial charge in [0.2, 0.25) is 0 Å². The van der Waals surface area contributed by atoms with E-state index in [0.29, 0.717) is 22.7 Å². The van der Waals surface area contributed by atoms with Gasteiger partial charge in [0.15, 0.2) is 23.0 Å². The summed E-state index contributed by atoms with van der Waals surface area (Å²) in [4.78, 5) is 28.0. The molecule has 0 aliphatic carbocycles. The van der Waals surface area contributed by atoms with Gasteiger partial charge in [0.1, 0.15) is 0 Å². The molecule has 1 aliphatic heterocycles. The number of aryl methyl sites for hydroxylation is 1. The van der Waals surface area contributed by atoms with Crippen LogP contribution in [-0.4, -0.2) is 31.0 Å². The molecule has 6 heteroatoms. The standard InChI is InChI=1S/C28H25NO5/c1-18-8-7-11-21(16-18)29-26(20-13-15-23(33-2)24(17-20)34-3)25(27(31)28(29)32)22(30)14-12-19-9-5-4-6-10-19/h4-17,26,31H,1-3H3/t26-/m0/s1. The monoisotopic (exact) mass is 455 g/mol. The van der Waals surface area contributed by atoms with Crippen LogP contribution in [0.4, 0.5) is 5.69 Å². The summed E-state index contributed by atoms with van der Waals surface area (Å²) in [5.74, 6) is -0.687. The summed E-state index contributed by atoms with van der Waals surface area (Å²) in [6, 6.07) is 21.0. The van der Waals surface area contributed by atoms with Crippen LogP contribution in [0.3, 0.4) is 0 Å². The molecule has 0 spiro atoms. The first-order chi connectivity index (χ1) is 16.4. The average Bonchev–Trinajstić information content (AvgIpc) is 3.13. The lowest BCUT2D eigenvalue weighted by Crippen LogP contribution is -2.31. The van der Waals surface area contributed by atoms with Crippen molar-refractivity contribution >= 4 is 23.5 Å². The molecule has 6 nitrogen and oxygen atoms in total. The zero-order valence-corrected chi connectivity index (χ0v) is 19.2. The number of benzene rings is 3. The largest absolute Gasteiger partial charge is 0.503 e. The number of amides is 1. The van der Waals surface area contributed by atoms with E-state index >= 15 is 0 Å². The molecule has 1 heterocycles. The quantitative estimate of drug-likeness (QED) is 0.496. The second-order valence-corrected chi connectivity index (χ2v) is 7.90. The highest BCUT2D eigenvalue weighted by Crippen LogP contribution is 2.43. The molecule has 0 bridgehead atoms. The van der Waals surface area contributed by atoms with Gasteiger partial charge in [0.05, 0.1) is 25.8 Å². The number of carbonyl (C=O) groups is 2. The summed E-state index contributed by atoms with van der Waals surface area (Å²) in [5.41, 5.74) is 2.96. The number of allylic oxidation sites excluding steroid dienone is 1. The van der Waals surface area contributed by atoms with Gasteiger partial charge in [0.25, 0.3) is 5.91 Å². The van der Waals surface area contributed by atoms with Crippen molar-refractivity contribution < 1.29 is 24.2 Å². The molecule has 0 saturated heterocycles. The maximum Gasteiger partial charge on any atom is 0.294 e. The van der Waals surface area contributed by atoms with Crippen LogP contribution in [0, 0.1) is 6.92 Å². The summed E-state index contributed by atoms with van der Waals surface area (Å²) < 4.78 is 10.8. The second kappa shape index (κ2) is 9.67. The van der Waals surface area contributed by atoms with E-state index in [4.69, 9.17) is 9.47 Å². The van der Waals surface area contributed by atoms with Crippen molar-refractivity contribution in [2.75, 3.05) is 19.1 Å². The Bertz CT molecular complexity index is 1290.